The van der Waals surface area contributed by atoms with E-state index >= 15 is 0 Å². The largest absolute Gasteiger partial charge is 0.309 e. The normalized spacial score (nSPS) is 13.6. The van der Waals surface area contributed by atoms with Crippen LogP contribution < -0.4 is 0 Å². The molecule has 1 nitrogen and oxygen atoms in total. The molecule has 2 heterocycles. The van der Waals surface area contributed by atoms with Crippen LogP contribution in [0.4, 0.5) is 0 Å². The maximum Gasteiger partial charge on any atom is 0.0725 e. The number of rotatable bonds is 2. The van der Waals surface area contributed by atoms with E-state index in [1.807, 2.05) is 11.3 Å². The molecule has 0 aliphatic heterocycles. The fraction of sp³-hybridized carbons (Fsp3) is 0.0204. The molecule has 2 aliphatic rings. The lowest BCUT2D eigenvalue weighted by molar-refractivity contribution is 0.794. The van der Waals surface area contributed by atoms with Crippen LogP contribution in [0.25, 0.3) is 81.0 Å². The molecule has 2 heteroatoms. The summed E-state index contributed by atoms with van der Waals surface area (Å²) in [5, 5.41) is 5.24. The van der Waals surface area contributed by atoms with E-state index in [1.54, 1.807) is 0 Å². The molecule has 0 saturated carbocycles. The molecule has 12 rings (SSSR count). The quantitative estimate of drug-likeness (QED) is 0.173. The Morgan fingerprint density at radius 1 is 0.373 bits per heavy atom. The summed E-state index contributed by atoms with van der Waals surface area (Å²) < 4.78 is 5.13. The van der Waals surface area contributed by atoms with E-state index in [0.717, 1.165) is 0 Å². The van der Waals surface area contributed by atoms with Gasteiger partial charge in [-0.05, 0) is 92.0 Å². The van der Waals surface area contributed by atoms with Crippen molar-refractivity contribution in [1.82, 2.24) is 4.57 Å². The highest BCUT2D eigenvalue weighted by Gasteiger charge is 2.51. The van der Waals surface area contributed by atoms with Gasteiger partial charge in [-0.3, -0.25) is 0 Å². The van der Waals surface area contributed by atoms with Crippen molar-refractivity contribution >= 4 is 53.3 Å². The summed E-state index contributed by atoms with van der Waals surface area (Å²) in [6.45, 7) is 0. The smallest absolute Gasteiger partial charge is 0.0725 e. The van der Waals surface area contributed by atoms with E-state index in [0.29, 0.717) is 0 Å². The number of thiophene rings is 1. The van der Waals surface area contributed by atoms with Crippen LogP contribution in [0.1, 0.15) is 22.3 Å². The first-order valence-electron chi connectivity index (χ1n) is 17.7. The van der Waals surface area contributed by atoms with Crippen molar-refractivity contribution in [2.75, 3.05) is 0 Å². The first kappa shape index (κ1) is 27.6. The van der Waals surface area contributed by atoms with Gasteiger partial charge < -0.3 is 4.57 Å². The average molecular weight is 664 g/mol. The van der Waals surface area contributed by atoms with Crippen LogP contribution >= 0.6 is 11.3 Å². The summed E-state index contributed by atoms with van der Waals surface area (Å²) in [4.78, 5) is 0. The lowest BCUT2D eigenvalue weighted by Crippen LogP contribution is -2.25. The van der Waals surface area contributed by atoms with Crippen LogP contribution in [0.2, 0.25) is 0 Å². The molecule has 51 heavy (non-hydrogen) atoms. The molecule has 0 fully saturated rings. The Labute approximate surface area is 299 Å². The van der Waals surface area contributed by atoms with E-state index < -0.39 is 0 Å². The summed E-state index contributed by atoms with van der Waals surface area (Å²) in [5.74, 6) is 0. The number of hydrogen-bond acceptors (Lipinski definition) is 1. The maximum atomic E-state index is 2.45. The molecule has 0 radical (unpaired) electrons. The van der Waals surface area contributed by atoms with Crippen LogP contribution in [0, 0.1) is 0 Å². The van der Waals surface area contributed by atoms with E-state index in [4.69, 9.17) is 0 Å². The predicted octanol–water partition coefficient (Wildman–Crippen LogP) is 13.2. The number of para-hydroxylation sites is 1. The molecule has 0 unspecified atom stereocenters. The van der Waals surface area contributed by atoms with Crippen molar-refractivity contribution in [1.29, 1.82) is 0 Å². The molecule has 0 amide bonds. The van der Waals surface area contributed by atoms with Crippen LogP contribution in [0.3, 0.4) is 0 Å². The van der Waals surface area contributed by atoms with E-state index in [2.05, 4.69) is 180 Å². The molecule has 2 aromatic heterocycles. The van der Waals surface area contributed by atoms with E-state index in [-0.39, 0.29) is 5.41 Å². The summed E-state index contributed by atoms with van der Waals surface area (Å²) >= 11 is 1.88. The molecular formula is C49H29NS. The molecule has 1 spiro atoms. The molecular weight excluding hydrogens is 635 g/mol. The van der Waals surface area contributed by atoms with Gasteiger partial charge in [0.15, 0.2) is 0 Å². The van der Waals surface area contributed by atoms with Crippen molar-refractivity contribution in [3.63, 3.8) is 0 Å². The fourth-order valence-corrected chi connectivity index (χ4v) is 10.8. The first-order chi connectivity index (χ1) is 25.3. The average Bonchev–Trinajstić information content (AvgIpc) is 3.90. The minimum absolute atomic E-state index is 0.338. The van der Waals surface area contributed by atoms with Crippen molar-refractivity contribution in [2.24, 2.45) is 0 Å². The number of aromatic nitrogens is 1. The topological polar surface area (TPSA) is 4.93 Å². The highest BCUT2D eigenvalue weighted by molar-refractivity contribution is 7.25. The van der Waals surface area contributed by atoms with E-state index in [1.165, 1.54) is 103 Å². The van der Waals surface area contributed by atoms with Crippen LogP contribution in [0.5, 0.6) is 0 Å². The fourth-order valence-electron chi connectivity index (χ4n) is 9.64. The summed E-state index contributed by atoms with van der Waals surface area (Å²) in [6, 6.07) is 65.8. The SMILES string of the molecule is c1ccc2c(c1)-c1ccccc1C21c2ccccc2-c2c(-c3ccc(-n4c5ccccc5c5cc6sc7ccccc7c6cc54)cc3)cccc21. The molecule has 0 saturated heterocycles. The highest BCUT2D eigenvalue weighted by atomic mass is 32.1. The molecule has 8 aromatic carbocycles. The van der Waals surface area contributed by atoms with Crippen molar-refractivity contribution in [3.8, 4) is 39.1 Å². The number of nitrogens with zero attached hydrogens (tertiary/aromatic N) is 1. The predicted molar refractivity (Wildman–Crippen MR) is 215 cm³/mol. The van der Waals surface area contributed by atoms with Gasteiger partial charge in [-0.25, -0.2) is 0 Å². The van der Waals surface area contributed by atoms with Gasteiger partial charge in [0.05, 0.1) is 16.4 Å². The zero-order valence-corrected chi connectivity index (χ0v) is 28.4. The van der Waals surface area contributed by atoms with Gasteiger partial charge in [-0.2, -0.15) is 0 Å². The van der Waals surface area contributed by atoms with Gasteiger partial charge in [-0.1, -0.05) is 140 Å². The van der Waals surface area contributed by atoms with Gasteiger partial charge in [0.25, 0.3) is 0 Å². The number of hydrogen-bond donors (Lipinski definition) is 0. The molecule has 10 aromatic rings. The monoisotopic (exact) mass is 663 g/mol. The molecule has 0 bridgehead atoms. The Hall–Kier alpha value is -6.22. The highest BCUT2D eigenvalue weighted by Crippen LogP contribution is 2.63. The van der Waals surface area contributed by atoms with Crippen LogP contribution in [0.15, 0.2) is 176 Å². The second-order valence-corrected chi connectivity index (χ2v) is 15.1. The first-order valence-corrected chi connectivity index (χ1v) is 18.5. The Bertz CT molecular complexity index is 3040. The van der Waals surface area contributed by atoms with Gasteiger partial charge in [-0.15, -0.1) is 11.3 Å². The third-order valence-corrected chi connectivity index (χ3v) is 12.8. The van der Waals surface area contributed by atoms with Crippen molar-refractivity contribution < 1.29 is 0 Å². The summed E-state index contributed by atoms with van der Waals surface area (Å²) in [6.07, 6.45) is 0. The molecule has 0 N–H and O–H groups in total. The number of benzene rings is 8. The summed E-state index contributed by atoms with van der Waals surface area (Å²) in [7, 11) is 0. The Morgan fingerprint density at radius 2 is 0.961 bits per heavy atom. The third kappa shape index (κ3) is 3.45. The zero-order valence-electron chi connectivity index (χ0n) is 27.6. The van der Waals surface area contributed by atoms with Crippen LogP contribution in [-0.2, 0) is 5.41 Å². The zero-order chi connectivity index (χ0) is 33.3. The second-order valence-electron chi connectivity index (χ2n) is 14.0. The van der Waals surface area contributed by atoms with Crippen molar-refractivity contribution in [2.45, 2.75) is 5.41 Å². The van der Waals surface area contributed by atoms with Gasteiger partial charge in [0.2, 0.25) is 0 Å². The number of fused-ring (bicyclic) bond motifs is 16. The Balaban J connectivity index is 1.07. The van der Waals surface area contributed by atoms with Gasteiger partial charge in [0.1, 0.15) is 0 Å². The minimum atomic E-state index is -0.338. The van der Waals surface area contributed by atoms with E-state index in [9.17, 15) is 0 Å². The van der Waals surface area contributed by atoms with Crippen LogP contribution in [-0.4, -0.2) is 4.57 Å². The Kier molecular flexibility index (Phi) is 5.38. The lowest BCUT2D eigenvalue weighted by Gasteiger charge is -2.30. The summed E-state index contributed by atoms with van der Waals surface area (Å²) in [5.41, 5.74) is 16.7. The molecule has 2 aliphatic carbocycles. The lowest BCUT2D eigenvalue weighted by atomic mass is 9.70. The maximum absolute atomic E-state index is 2.45. The third-order valence-electron chi connectivity index (χ3n) is 11.6. The minimum Gasteiger partial charge on any atom is -0.309 e. The molecule has 236 valence electrons. The van der Waals surface area contributed by atoms with Crippen molar-refractivity contribution in [3.05, 3.63) is 198 Å². The van der Waals surface area contributed by atoms with Gasteiger partial charge in [0, 0.05) is 36.6 Å². The Morgan fingerprint density at radius 3 is 1.73 bits per heavy atom. The standard InChI is InChI=1S/C49H29NS/c1-6-18-40-33(12-1)34-13-2-7-19-41(34)49(40)42-20-8-3-16-37(42)48-32(17-11-21-43(48)49)30-24-26-31(27-25-30)50-44-22-9-4-14-35(44)38-29-47-39(28-45(38)50)36-15-5-10-23-46(36)51-47/h1-29H. The molecule has 0 atom stereocenters. The van der Waals surface area contributed by atoms with Gasteiger partial charge >= 0.3 is 0 Å². The second kappa shape index (κ2) is 9.94.